The first-order valence-electron chi connectivity index (χ1n) is 35.5. The standard InChI is InChI=1S/C67H108O34/c1-26-46(95-55-43(82)47(33(75)22-90-55)96-53-41(80)37(76)30(72)19-88-53)49(98-59-51(85)67(87,24-70)25-92-59)45(84)56(93-26)99-50-39(78)32(74)21-91-58(50)101-60(86)66-14-12-61(2,3)16-28(66)27-8-9-36-62(4)17-29(71)52(63(5,23-69)35(62)10-11-65(36,7)64(27,6)13-15-66)100-57-44(83)48(40(79)34(18-68)94-57)97-54-42(81)38(77)31(73)20-89-54/h8,26,28-59,68-85,87H,9-25H2,1-7H3/t26-,28-,29-,30+,31+,32-,33+,34+,35+,36+,37-,38-,39-,40+,41+,42+,43+,44+,45+,46-,47-,48-,49+,50+,51-,52-,53-,54-,55-,56-,57-,58-,59-,62-,63-,64+,65+,66-,67+/m0/s1. The second kappa shape index (κ2) is 29.4. The molecule has 101 heavy (non-hydrogen) atoms. The third-order valence-electron chi connectivity index (χ3n) is 26.0. The number of aliphatic hydroxyl groups excluding tert-OH is 18. The Morgan fingerprint density at radius 1 is 0.495 bits per heavy atom. The van der Waals surface area contributed by atoms with Gasteiger partial charge in [-0.15, -0.1) is 0 Å². The molecule has 7 heterocycles. The van der Waals surface area contributed by atoms with Crippen LogP contribution in [-0.2, 0) is 71.1 Å². The highest BCUT2D eigenvalue weighted by Gasteiger charge is 2.72. The third kappa shape index (κ3) is 13.5. The number of aliphatic hydroxyl groups is 19. The minimum Gasteiger partial charge on any atom is -0.432 e. The van der Waals surface area contributed by atoms with Crippen molar-refractivity contribution in [2.45, 2.75) is 296 Å². The number of fused-ring (bicyclic) bond motifs is 7. The molecule has 12 rings (SSSR count). The van der Waals surface area contributed by atoms with Crippen LogP contribution in [0.5, 0.6) is 0 Å². The monoisotopic (exact) mass is 1460 g/mol. The van der Waals surface area contributed by atoms with E-state index in [0.29, 0.717) is 51.4 Å². The summed E-state index contributed by atoms with van der Waals surface area (Å²) in [5, 5.41) is 210. The molecule has 0 bridgehead atoms. The minimum atomic E-state index is -2.24. The average Bonchev–Trinajstić information content (AvgIpc) is 0.934. The van der Waals surface area contributed by atoms with E-state index >= 15 is 4.79 Å². The minimum absolute atomic E-state index is 0.119. The maximum absolute atomic E-state index is 15.7. The molecule has 11 fully saturated rings. The van der Waals surface area contributed by atoms with Crippen LogP contribution in [0.4, 0.5) is 0 Å². The molecule has 580 valence electrons. The second-order valence-electron chi connectivity index (χ2n) is 32.6. The zero-order chi connectivity index (χ0) is 73.3. The van der Waals surface area contributed by atoms with Gasteiger partial charge in [-0.1, -0.05) is 53.2 Å². The smallest absolute Gasteiger partial charge is 0.315 e. The van der Waals surface area contributed by atoms with E-state index in [1.807, 2.05) is 6.92 Å². The number of hydrogen-bond acceptors (Lipinski definition) is 34. The molecule has 5 aliphatic carbocycles. The van der Waals surface area contributed by atoms with Gasteiger partial charge in [0.15, 0.2) is 43.8 Å². The van der Waals surface area contributed by atoms with Gasteiger partial charge >= 0.3 is 5.97 Å². The van der Waals surface area contributed by atoms with E-state index < -0.39 is 282 Å². The highest BCUT2D eigenvalue weighted by molar-refractivity contribution is 5.79. The summed E-state index contributed by atoms with van der Waals surface area (Å²) in [5.74, 6) is -1.50. The van der Waals surface area contributed by atoms with Crippen LogP contribution in [0.1, 0.15) is 106 Å². The summed E-state index contributed by atoms with van der Waals surface area (Å²) in [5.41, 5.74) is -5.53. The van der Waals surface area contributed by atoms with Crippen LogP contribution in [-0.4, -0.2) is 346 Å². The lowest BCUT2D eigenvalue weighted by Crippen LogP contribution is -2.70. The maximum Gasteiger partial charge on any atom is 0.315 e. The van der Waals surface area contributed by atoms with Crippen LogP contribution in [0, 0.1) is 50.2 Å². The van der Waals surface area contributed by atoms with Crippen LogP contribution < -0.4 is 0 Å². The summed E-state index contributed by atoms with van der Waals surface area (Å²) in [6.07, 6.45) is -43.7. The van der Waals surface area contributed by atoms with E-state index in [4.69, 9.17) is 66.3 Å². The first-order valence-corrected chi connectivity index (χ1v) is 35.5. The van der Waals surface area contributed by atoms with Crippen molar-refractivity contribution in [3.05, 3.63) is 11.6 Å². The number of rotatable bonds is 17. The van der Waals surface area contributed by atoms with Crippen LogP contribution >= 0.6 is 0 Å². The lowest BCUT2D eigenvalue weighted by atomic mass is 9.33. The molecular weight excluding hydrogens is 1350 g/mol. The maximum atomic E-state index is 15.7. The van der Waals surface area contributed by atoms with Gasteiger partial charge in [0.1, 0.15) is 122 Å². The van der Waals surface area contributed by atoms with Crippen molar-refractivity contribution >= 4 is 5.97 Å². The van der Waals surface area contributed by atoms with Gasteiger partial charge in [0.2, 0.25) is 6.29 Å². The number of esters is 1. The largest absolute Gasteiger partial charge is 0.432 e. The Bertz CT molecular complexity index is 2880. The predicted octanol–water partition coefficient (Wildman–Crippen LogP) is -6.39. The number of carbonyl (C=O) groups is 1. The van der Waals surface area contributed by atoms with Crippen LogP contribution in [0.25, 0.3) is 0 Å². The summed E-state index contributed by atoms with van der Waals surface area (Å²) >= 11 is 0. The van der Waals surface area contributed by atoms with Crippen molar-refractivity contribution in [2.24, 2.45) is 50.2 Å². The molecule has 0 radical (unpaired) electrons. The van der Waals surface area contributed by atoms with Crippen molar-refractivity contribution < 1.29 is 168 Å². The molecule has 0 spiro atoms. The van der Waals surface area contributed by atoms with Crippen molar-refractivity contribution in [2.75, 3.05) is 52.9 Å². The quantitative estimate of drug-likeness (QED) is 0.0366. The van der Waals surface area contributed by atoms with E-state index in [1.165, 1.54) is 6.92 Å². The number of ether oxygens (including phenoxy) is 14. The average molecular weight is 1460 g/mol. The SMILES string of the molecule is C[C@@H]1O[C@@H](O[C@H]2[C@H](OC(=O)[C@]34CCC(C)(C)C[C@H]3C3=CC[C@@H]5[C@@]6(C)C[C@H](O)[C@H](O[C@@H]7O[C@H](CO)[C@@H](O)[C@H](O[C@@H]8OC[C@@H](O)[C@H](O)[C@H]8O)[C@H]7O)[C@@](C)(CO)[C@@H]6CC[C@@]5(C)[C@]3(C)CC4)OC[C@H](O)[C@@H]2O)[C@H](O)[C@@H](O[C@@H]2OC[C@](O)(CO)[C@H]2O)[C@H]1O[C@@H]1OC[C@@H](O)[C@H](O[C@@H]2OC[C@@H](O)[C@H](O)[C@H]2O)[C@H]1O. The fourth-order valence-electron chi connectivity index (χ4n) is 19.7. The Kier molecular flexibility index (Phi) is 22.8. The topological polar surface area (TPSA) is 531 Å². The molecule has 0 aromatic rings. The zero-order valence-electron chi connectivity index (χ0n) is 57.8. The molecule has 0 unspecified atom stereocenters. The second-order valence-corrected chi connectivity index (χ2v) is 32.6. The van der Waals surface area contributed by atoms with E-state index in [2.05, 4.69) is 40.7 Å². The highest BCUT2D eigenvalue weighted by atomic mass is 16.8. The summed E-state index contributed by atoms with van der Waals surface area (Å²) in [6.45, 7) is 9.32. The molecule has 0 aromatic carbocycles. The van der Waals surface area contributed by atoms with Crippen LogP contribution in [0.15, 0.2) is 11.6 Å². The normalized spacial score (nSPS) is 55.3. The van der Waals surface area contributed by atoms with Crippen molar-refractivity contribution in [1.82, 2.24) is 0 Å². The highest BCUT2D eigenvalue weighted by Crippen LogP contribution is 2.76. The van der Waals surface area contributed by atoms with Gasteiger partial charge in [-0.25, -0.2) is 0 Å². The molecule has 7 saturated heterocycles. The lowest BCUT2D eigenvalue weighted by Gasteiger charge is -2.72. The zero-order valence-corrected chi connectivity index (χ0v) is 57.8. The Hall–Kier alpha value is -2.07. The van der Waals surface area contributed by atoms with Crippen LogP contribution in [0.3, 0.4) is 0 Å². The van der Waals surface area contributed by atoms with Gasteiger partial charge in [0.05, 0.1) is 76.6 Å². The molecule has 0 aromatic heterocycles. The van der Waals surface area contributed by atoms with E-state index in [-0.39, 0.29) is 23.7 Å². The number of hydrogen-bond donors (Lipinski definition) is 19. The van der Waals surface area contributed by atoms with Gasteiger partial charge in [-0.05, 0) is 104 Å². The Morgan fingerprint density at radius 2 is 1.03 bits per heavy atom. The molecule has 39 atom stereocenters. The van der Waals surface area contributed by atoms with Gasteiger partial charge in [-0.3, -0.25) is 4.79 Å². The lowest BCUT2D eigenvalue weighted by molar-refractivity contribution is -0.385. The van der Waals surface area contributed by atoms with Crippen molar-refractivity contribution in [1.29, 1.82) is 0 Å². The summed E-state index contributed by atoms with van der Waals surface area (Å²) in [4.78, 5) is 15.7. The molecule has 4 saturated carbocycles. The molecule has 19 N–H and O–H groups in total. The van der Waals surface area contributed by atoms with Gasteiger partial charge in [-0.2, -0.15) is 0 Å². The number of allylic oxidation sites excluding steroid dienone is 2. The summed E-state index contributed by atoms with van der Waals surface area (Å²) in [7, 11) is 0. The van der Waals surface area contributed by atoms with E-state index in [9.17, 15) is 97.0 Å². The fourth-order valence-corrected chi connectivity index (χ4v) is 19.7. The summed E-state index contributed by atoms with van der Waals surface area (Å²) < 4.78 is 83.5. The molecule has 12 aliphatic rings. The van der Waals surface area contributed by atoms with Crippen molar-refractivity contribution in [3.63, 3.8) is 0 Å². The molecule has 0 amide bonds. The fraction of sp³-hybridized carbons (Fsp3) is 0.955. The molecule has 7 aliphatic heterocycles. The third-order valence-corrected chi connectivity index (χ3v) is 26.0. The molecule has 34 heteroatoms. The molecular formula is C67H108O34. The summed E-state index contributed by atoms with van der Waals surface area (Å²) in [6, 6.07) is 0. The Morgan fingerprint density at radius 3 is 1.64 bits per heavy atom. The Balaban J connectivity index is 0.771. The number of carbonyl (C=O) groups excluding carboxylic acids is 1. The van der Waals surface area contributed by atoms with Gasteiger partial charge in [0, 0.05) is 5.41 Å². The van der Waals surface area contributed by atoms with E-state index in [0.717, 1.165) is 5.57 Å². The Labute approximate surface area is 583 Å². The van der Waals surface area contributed by atoms with Gasteiger partial charge < -0.3 is 163 Å². The van der Waals surface area contributed by atoms with E-state index in [1.54, 1.807) is 0 Å². The molecule has 34 nitrogen and oxygen atoms in total. The first kappa shape index (κ1) is 78.5. The first-order chi connectivity index (χ1) is 47.5. The van der Waals surface area contributed by atoms with Crippen molar-refractivity contribution in [3.8, 4) is 0 Å². The van der Waals surface area contributed by atoms with Gasteiger partial charge in [0.25, 0.3) is 0 Å². The predicted molar refractivity (Wildman–Crippen MR) is 332 cm³/mol. The van der Waals surface area contributed by atoms with Crippen LogP contribution in [0.2, 0.25) is 0 Å².